The molecule has 0 aromatic carbocycles. The van der Waals surface area contributed by atoms with Crippen LogP contribution in [0.4, 0.5) is 0 Å². The average molecular weight is 250 g/mol. The van der Waals surface area contributed by atoms with E-state index >= 15 is 0 Å². The molecule has 0 aromatic heterocycles. The number of aliphatic hydroxyl groups is 1. The Balaban J connectivity index is 3.03. The van der Waals surface area contributed by atoms with Gasteiger partial charge in [-0.05, 0) is 45.7 Å². The summed E-state index contributed by atoms with van der Waals surface area (Å²) in [6.07, 6.45) is 1.78. The lowest BCUT2D eigenvalue weighted by Crippen LogP contribution is -2.41. The molecular formula is C14H23BO3. The topological polar surface area (TPSA) is 38.7 Å². The van der Waals surface area contributed by atoms with Crippen molar-refractivity contribution in [1.82, 2.24) is 0 Å². The standard InChI is InChI=1S/C14H23BO3/c1-10(2)12(8-11(3)9-16)15-17-13(4,5)14(6,7)18-15/h8,16H,1,3,9H2,2,4-7H3/b12-8+. The smallest absolute Gasteiger partial charge is 0.399 e. The van der Waals surface area contributed by atoms with Crippen molar-refractivity contribution in [1.29, 1.82) is 0 Å². The summed E-state index contributed by atoms with van der Waals surface area (Å²) < 4.78 is 11.9. The molecule has 1 heterocycles. The zero-order valence-corrected chi connectivity index (χ0v) is 12.0. The van der Waals surface area contributed by atoms with Crippen LogP contribution in [-0.4, -0.2) is 30.0 Å². The molecular weight excluding hydrogens is 227 g/mol. The molecule has 0 amide bonds. The summed E-state index contributed by atoms with van der Waals surface area (Å²) in [5.74, 6) is 0. The monoisotopic (exact) mass is 250 g/mol. The first-order chi connectivity index (χ1) is 8.10. The molecule has 0 bridgehead atoms. The highest BCUT2D eigenvalue weighted by molar-refractivity contribution is 6.56. The predicted molar refractivity (Wildman–Crippen MR) is 75.2 cm³/mol. The van der Waals surface area contributed by atoms with Gasteiger partial charge in [-0.25, -0.2) is 0 Å². The van der Waals surface area contributed by atoms with Crippen molar-refractivity contribution >= 4 is 7.12 Å². The molecule has 0 unspecified atom stereocenters. The highest BCUT2D eigenvalue weighted by atomic mass is 16.7. The number of rotatable bonds is 4. The summed E-state index contributed by atoms with van der Waals surface area (Å²) in [7, 11) is -0.462. The van der Waals surface area contributed by atoms with Crippen molar-refractivity contribution in [2.75, 3.05) is 6.61 Å². The van der Waals surface area contributed by atoms with Gasteiger partial charge in [-0.1, -0.05) is 24.8 Å². The number of allylic oxidation sites excluding steroid dienone is 2. The van der Waals surface area contributed by atoms with Crippen LogP contribution >= 0.6 is 0 Å². The zero-order valence-electron chi connectivity index (χ0n) is 12.0. The van der Waals surface area contributed by atoms with E-state index in [0.29, 0.717) is 5.57 Å². The van der Waals surface area contributed by atoms with E-state index in [1.807, 2.05) is 34.6 Å². The van der Waals surface area contributed by atoms with Crippen LogP contribution in [0.1, 0.15) is 34.6 Å². The summed E-state index contributed by atoms with van der Waals surface area (Å²) in [5, 5.41) is 9.06. The van der Waals surface area contributed by atoms with Crippen LogP contribution in [0.25, 0.3) is 0 Å². The third-order valence-corrected chi connectivity index (χ3v) is 3.56. The maximum Gasteiger partial charge on any atom is 0.495 e. The van der Waals surface area contributed by atoms with Gasteiger partial charge in [0.2, 0.25) is 0 Å². The molecule has 18 heavy (non-hydrogen) atoms. The first-order valence-electron chi connectivity index (χ1n) is 6.12. The second-order valence-corrected chi connectivity index (χ2v) is 5.78. The minimum absolute atomic E-state index is 0.0870. The predicted octanol–water partition coefficient (Wildman–Crippen LogP) is 2.67. The minimum atomic E-state index is -0.462. The molecule has 3 nitrogen and oxygen atoms in total. The molecule has 1 fully saturated rings. The third kappa shape index (κ3) is 2.94. The van der Waals surface area contributed by atoms with Gasteiger partial charge in [-0.15, -0.1) is 0 Å². The number of hydrogen-bond donors (Lipinski definition) is 1. The molecule has 0 saturated carbocycles. The fourth-order valence-corrected chi connectivity index (χ4v) is 1.63. The molecule has 0 radical (unpaired) electrons. The van der Waals surface area contributed by atoms with Gasteiger partial charge in [0.05, 0.1) is 17.8 Å². The van der Waals surface area contributed by atoms with E-state index in [1.165, 1.54) is 0 Å². The zero-order chi connectivity index (χ0) is 14.1. The molecule has 1 rings (SSSR count). The lowest BCUT2D eigenvalue weighted by atomic mass is 9.73. The van der Waals surface area contributed by atoms with E-state index in [1.54, 1.807) is 6.08 Å². The molecule has 1 aliphatic rings. The lowest BCUT2D eigenvalue weighted by molar-refractivity contribution is 0.00578. The van der Waals surface area contributed by atoms with E-state index in [9.17, 15) is 0 Å². The Hall–Kier alpha value is -0.835. The van der Waals surface area contributed by atoms with Crippen molar-refractivity contribution < 1.29 is 14.4 Å². The van der Waals surface area contributed by atoms with Gasteiger partial charge in [0.25, 0.3) is 0 Å². The van der Waals surface area contributed by atoms with Crippen LogP contribution in [0, 0.1) is 0 Å². The largest absolute Gasteiger partial charge is 0.495 e. The average Bonchev–Trinajstić information content (AvgIpc) is 2.43. The van der Waals surface area contributed by atoms with Gasteiger partial charge in [-0.3, -0.25) is 0 Å². The van der Waals surface area contributed by atoms with Crippen LogP contribution in [0.2, 0.25) is 0 Å². The van der Waals surface area contributed by atoms with Gasteiger partial charge in [0.1, 0.15) is 0 Å². The van der Waals surface area contributed by atoms with Crippen molar-refractivity contribution in [3.05, 3.63) is 35.9 Å². The van der Waals surface area contributed by atoms with Gasteiger partial charge in [-0.2, -0.15) is 0 Å². The van der Waals surface area contributed by atoms with E-state index < -0.39 is 7.12 Å². The molecule has 0 atom stereocenters. The second kappa shape index (κ2) is 5.04. The Bertz CT molecular complexity index is 378. The van der Waals surface area contributed by atoms with E-state index in [-0.39, 0.29) is 17.8 Å². The van der Waals surface area contributed by atoms with Gasteiger partial charge in [0, 0.05) is 0 Å². The fourth-order valence-electron chi connectivity index (χ4n) is 1.63. The first kappa shape index (κ1) is 15.2. The van der Waals surface area contributed by atoms with E-state index in [0.717, 1.165) is 11.0 Å². The second-order valence-electron chi connectivity index (χ2n) is 5.78. The van der Waals surface area contributed by atoms with Crippen LogP contribution in [0.15, 0.2) is 35.9 Å². The Morgan fingerprint density at radius 1 is 1.17 bits per heavy atom. The molecule has 4 heteroatoms. The maximum absolute atomic E-state index is 9.06. The molecule has 1 aliphatic heterocycles. The minimum Gasteiger partial charge on any atom is -0.399 e. The quantitative estimate of drug-likeness (QED) is 0.615. The van der Waals surface area contributed by atoms with Crippen LogP contribution in [0.5, 0.6) is 0 Å². The number of hydrogen-bond acceptors (Lipinski definition) is 3. The lowest BCUT2D eigenvalue weighted by Gasteiger charge is -2.32. The van der Waals surface area contributed by atoms with Crippen molar-refractivity contribution in [3.63, 3.8) is 0 Å². The van der Waals surface area contributed by atoms with Gasteiger partial charge in [0.15, 0.2) is 0 Å². The molecule has 0 aliphatic carbocycles. The van der Waals surface area contributed by atoms with Crippen LogP contribution in [0.3, 0.4) is 0 Å². The summed E-state index contributed by atoms with van der Waals surface area (Å²) in [6, 6.07) is 0. The molecule has 1 N–H and O–H groups in total. The molecule has 1 saturated heterocycles. The van der Waals surface area contributed by atoms with Crippen LogP contribution < -0.4 is 0 Å². The third-order valence-electron chi connectivity index (χ3n) is 3.56. The number of aliphatic hydroxyl groups excluding tert-OH is 1. The normalized spacial score (nSPS) is 22.1. The Labute approximate surface area is 110 Å². The maximum atomic E-state index is 9.06. The summed E-state index contributed by atoms with van der Waals surface area (Å²) >= 11 is 0. The fraction of sp³-hybridized carbons (Fsp3) is 0.571. The van der Waals surface area contributed by atoms with Crippen LogP contribution in [-0.2, 0) is 9.31 Å². The molecule has 100 valence electrons. The Morgan fingerprint density at radius 2 is 1.61 bits per heavy atom. The van der Waals surface area contributed by atoms with Crippen molar-refractivity contribution in [2.24, 2.45) is 0 Å². The molecule has 0 spiro atoms. The van der Waals surface area contributed by atoms with Gasteiger partial charge >= 0.3 is 7.12 Å². The van der Waals surface area contributed by atoms with Gasteiger partial charge < -0.3 is 14.4 Å². The summed E-state index contributed by atoms with van der Waals surface area (Å²) in [5.41, 5.74) is 1.53. The Kier molecular flexibility index (Phi) is 4.26. The highest BCUT2D eigenvalue weighted by Gasteiger charge is 2.52. The summed E-state index contributed by atoms with van der Waals surface area (Å²) in [6.45, 7) is 17.5. The van der Waals surface area contributed by atoms with E-state index in [2.05, 4.69) is 13.2 Å². The van der Waals surface area contributed by atoms with Crippen molar-refractivity contribution in [3.8, 4) is 0 Å². The SMILES string of the molecule is C=C(/C=C(/B1OC(C)(C)C(C)(C)O1)C(=C)C)CO. The highest BCUT2D eigenvalue weighted by Crippen LogP contribution is 2.39. The molecule has 0 aromatic rings. The summed E-state index contributed by atoms with van der Waals surface area (Å²) in [4.78, 5) is 0. The van der Waals surface area contributed by atoms with E-state index in [4.69, 9.17) is 14.4 Å². The van der Waals surface area contributed by atoms with Crippen molar-refractivity contribution in [2.45, 2.75) is 45.8 Å². The first-order valence-corrected chi connectivity index (χ1v) is 6.12. The Morgan fingerprint density at radius 3 is 1.94 bits per heavy atom.